The van der Waals surface area contributed by atoms with E-state index in [4.69, 9.17) is 0 Å². The largest absolute Gasteiger partial charge is 0.388 e. The maximum Gasteiger partial charge on any atom is 0.207 e. The first-order valence-corrected chi connectivity index (χ1v) is 7.25. The Bertz CT molecular complexity index is 887. The van der Waals surface area contributed by atoms with Crippen LogP contribution in [-0.4, -0.2) is 30.7 Å². The Morgan fingerprint density at radius 3 is 2.48 bits per heavy atom. The van der Waals surface area contributed by atoms with Crippen molar-refractivity contribution in [2.75, 3.05) is 0 Å². The number of hydrogen-bond acceptors (Lipinski definition) is 5. The predicted molar refractivity (Wildman–Crippen MR) is 84.3 cm³/mol. The summed E-state index contributed by atoms with van der Waals surface area (Å²) >= 11 is 0. The molecule has 1 unspecified atom stereocenters. The molecule has 2 heterocycles. The van der Waals surface area contributed by atoms with Crippen LogP contribution in [0.25, 0.3) is 5.69 Å². The molecule has 0 bridgehead atoms. The van der Waals surface area contributed by atoms with E-state index in [0.29, 0.717) is 17.4 Å². The van der Waals surface area contributed by atoms with E-state index >= 15 is 0 Å². The Morgan fingerprint density at radius 1 is 0.957 bits per heavy atom. The molecule has 2 N–H and O–H groups in total. The van der Waals surface area contributed by atoms with Gasteiger partial charge in [-0.1, -0.05) is 48.5 Å². The van der Waals surface area contributed by atoms with Gasteiger partial charge in [-0.05, 0) is 6.07 Å². The van der Waals surface area contributed by atoms with Crippen LogP contribution in [0, 0.1) is 0 Å². The van der Waals surface area contributed by atoms with Crippen LogP contribution in [-0.2, 0) is 6.61 Å². The van der Waals surface area contributed by atoms with Crippen LogP contribution in [0.15, 0.2) is 59.6 Å². The molecule has 0 aliphatic carbocycles. The first kappa shape index (κ1) is 13.8. The molecule has 1 aromatic heterocycles. The molecule has 0 fully saturated rings. The van der Waals surface area contributed by atoms with Gasteiger partial charge in [0, 0.05) is 11.1 Å². The number of aliphatic imine (C=N–C) groups is 1. The van der Waals surface area contributed by atoms with E-state index in [9.17, 15) is 10.2 Å². The number of rotatable bonds is 2. The van der Waals surface area contributed by atoms with Gasteiger partial charge in [0.05, 0.1) is 11.4 Å². The fraction of sp³-hybridized carbons (Fsp3) is 0.118. The van der Waals surface area contributed by atoms with Gasteiger partial charge < -0.3 is 10.2 Å². The van der Waals surface area contributed by atoms with E-state index in [0.717, 1.165) is 16.8 Å². The van der Waals surface area contributed by atoms with E-state index in [2.05, 4.69) is 15.2 Å². The van der Waals surface area contributed by atoms with E-state index in [1.54, 1.807) is 4.57 Å². The van der Waals surface area contributed by atoms with Crippen LogP contribution < -0.4 is 0 Å². The molecule has 0 saturated heterocycles. The number of aliphatic hydroxyl groups is 2. The highest BCUT2D eigenvalue weighted by Crippen LogP contribution is 2.29. The van der Waals surface area contributed by atoms with Crippen molar-refractivity contribution in [1.82, 2.24) is 14.8 Å². The van der Waals surface area contributed by atoms with Gasteiger partial charge in [0.25, 0.3) is 0 Å². The molecule has 3 aromatic rings. The molecule has 6 heteroatoms. The van der Waals surface area contributed by atoms with Crippen molar-refractivity contribution < 1.29 is 10.2 Å². The molecule has 6 nitrogen and oxygen atoms in total. The molecular formula is C17H14N4O2. The number of fused-ring (bicyclic) bond motifs is 3. The van der Waals surface area contributed by atoms with Crippen molar-refractivity contribution in [3.63, 3.8) is 0 Å². The second-order valence-corrected chi connectivity index (χ2v) is 5.20. The third-order valence-electron chi connectivity index (χ3n) is 3.83. The lowest BCUT2D eigenvalue weighted by Crippen LogP contribution is -2.09. The van der Waals surface area contributed by atoms with Gasteiger partial charge >= 0.3 is 0 Å². The van der Waals surface area contributed by atoms with Crippen LogP contribution in [0.4, 0.5) is 0 Å². The van der Waals surface area contributed by atoms with Crippen LogP contribution in [0.5, 0.6) is 0 Å². The number of nitrogens with zero attached hydrogens (tertiary/aromatic N) is 4. The highest BCUT2D eigenvalue weighted by molar-refractivity contribution is 6.15. The summed E-state index contributed by atoms with van der Waals surface area (Å²) in [7, 11) is 0. The van der Waals surface area contributed by atoms with Gasteiger partial charge in [-0.2, -0.15) is 0 Å². The Morgan fingerprint density at radius 2 is 1.70 bits per heavy atom. The third kappa shape index (κ3) is 2.16. The monoisotopic (exact) mass is 306 g/mol. The van der Waals surface area contributed by atoms with Gasteiger partial charge in [0.15, 0.2) is 11.6 Å². The summed E-state index contributed by atoms with van der Waals surface area (Å²) in [6, 6.07) is 17.3. The number of benzene rings is 2. The first-order chi connectivity index (χ1) is 11.3. The molecule has 0 radical (unpaired) electrons. The molecule has 1 atom stereocenters. The van der Waals surface area contributed by atoms with Crippen molar-refractivity contribution in [2.24, 2.45) is 4.99 Å². The maximum absolute atomic E-state index is 10.5. The molecule has 23 heavy (non-hydrogen) atoms. The lowest BCUT2D eigenvalue weighted by Gasteiger charge is -2.12. The van der Waals surface area contributed by atoms with Crippen LogP contribution >= 0.6 is 0 Å². The summed E-state index contributed by atoms with van der Waals surface area (Å²) in [6.45, 7) is -0.269. The van der Waals surface area contributed by atoms with E-state index in [1.807, 2.05) is 54.6 Å². The van der Waals surface area contributed by atoms with E-state index in [-0.39, 0.29) is 6.61 Å². The summed E-state index contributed by atoms with van der Waals surface area (Å²) in [5.74, 6) is 0.670. The Kier molecular flexibility index (Phi) is 3.25. The quantitative estimate of drug-likeness (QED) is 0.753. The number of hydrogen-bond donors (Lipinski definition) is 2. The lowest BCUT2D eigenvalue weighted by molar-refractivity contribution is 0.176. The van der Waals surface area contributed by atoms with E-state index < -0.39 is 6.23 Å². The van der Waals surface area contributed by atoms with Crippen molar-refractivity contribution in [3.8, 4) is 5.69 Å². The minimum atomic E-state index is -1.15. The smallest absolute Gasteiger partial charge is 0.207 e. The molecular weight excluding hydrogens is 292 g/mol. The second kappa shape index (κ2) is 5.42. The van der Waals surface area contributed by atoms with Crippen molar-refractivity contribution in [2.45, 2.75) is 12.8 Å². The van der Waals surface area contributed by atoms with Crippen LogP contribution in [0.1, 0.15) is 29.0 Å². The van der Waals surface area contributed by atoms with E-state index in [1.165, 1.54) is 0 Å². The van der Waals surface area contributed by atoms with Gasteiger partial charge in [-0.3, -0.25) is 4.57 Å². The predicted octanol–water partition coefficient (Wildman–Crippen LogP) is 1.60. The zero-order valence-electron chi connectivity index (χ0n) is 12.2. The summed E-state index contributed by atoms with van der Waals surface area (Å²) in [6.07, 6.45) is -1.15. The molecule has 114 valence electrons. The summed E-state index contributed by atoms with van der Waals surface area (Å²) < 4.78 is 1.67. The number of para-hydroxylation sites is 1. The minimum absolute atomic E-state index is 0.269. The second-order valence-electron chi connectivity index (χ2n) is 5.20. The highest BCUT2D eigenvalue weighted by atomic mass is 16.3. The van der Waals surface area contributed by atoms with Gasteiger partial charge in [0.1, 0.15) is 6.61 Å². The standard InChI is InChI=1S/C17H14N4O2/c22-10-14-19-20-16-17(23)18-15(11-6-2-1-3-7-11)12-8-4-5-9-13(12)21(14)16/h1-9,17,22-23H,10H2. The highest BCUT2D eigenvalue weighted by Gasteiger charge is 2.27. The molecule has 0 spiro atoms. The summed E-state index contributed by atoms with van der Waals surface area (Å²) in [5.41, 5.74) is 3.23. The maximum atomic E-state index is 10.5. The SMILES string of the molecule is OCc1nnc2n1-c1ccccc1C(c1ccccc1)=NC2O. The van der Waals surface area contributed by atoms with Crippen molar-refractivity contribution in [3.05, 3.63) is 77.4 Å². The molecule has 0 saturated carbocycles. The van der Waals surface area contributed by atoms with Gasteiger partial charge in [-0.25, -0.2) is 4.99 Å². The third-order valence-corrected chi connectivity index (χ3v) is 3.83. The van der Waals surface area contributed by atoms with Crippen molar-refractivity contribution >= 4 is 5.71 Å². The number of aliphatic hydroxyl groups excluding tert-OH is 2. The summed E-state index contributed by atoms with van der Waals surface area (Å²) in [5, 5.41) is 27.9. The zero-order valence-corrected chi connectivity index (χ0v) is 12.2. The van der Waals surface area contributed by atoms with Gasteiger partial charge in [-0.15, -0.1) is 10.2 Å². The van der Waals surface area contributed by atoms with Crippen LogP contribution in [0.2, 0.25) is 0 Å². The first-order valence-electron chi connectivity index (χ1n) is 7.25. The van der Waals surface area contributed by atoms with Crippen LogP contribution in [0.3, 0.4) is 0 Å². The Hall–Kier alpha value is -2.83. The summed E-state index contributed by atoms with van der Waals surface area (Å²) in [4.78, 5) is 4.44. The normalized spacial score (nSPS) is 16.3. The molecule has 2 aromatic carbocycles. The number of aromatic nitrogens is 3. The topological polar surface area (TPSA) is 83.5 Å². The fourth-order valence-corrected chi connectivity index (χ4v) is 2.81. The van der Waals surface area contributed by atoms with Gasteiger partial charge in [0.2, 0.25) is 6.23 Å². The lowest BCUT2D eigenvalue weighted by atomic mass is 10.0. The molecule has 0 amide bonds. The molecule has 1 aliphatic rings. The average Bonchev–Trinajstić information content (AvgIpc) is 2.99. The Labute approximate surface area is 132 Å². The van der Waals surface area contributed by atoms with Crippen molar-refractivity contribution in [1.29, 1.82) is 0 Å². The Balaban J connectivity index is 2.02. The molecule has 4 rings (SSSR count). The zero-order chi connectivity index (χ0) is 15.8. The minimum Gasteiger partial charge on any atom is -0.388 e. The molecule has 1 aliphatic heterocycles. The average molecular weight is 306 g/mol. The fourth-order valence-electron chi connectivity index (χ4n) is 2.81.